The number of benzene rings is 1. The molecule has 2 heterocycles. The van der Waals surface area contributed by atoms with E-state index in [2.05, 4.69) is 32.3 Å². The highest BCUT2D eigenvalue weighted by atomic mass is 16.5. The number of nitrogens with one attached hydrogen (secondary N) is 1. The Morgan fingerprint density at radius 2 is 1.86 bits per heavy atom. The molecule has 0 aliphatic heterocycles. The van der Waals surface area contributed by atoms with Gasteiger partial charge in [-0.2, -0.15) is 0 Å². The Bertz CT molecular complexity index is 1170. The van der Waals surface area contributed by atoms with E-state index in [1.54, 1.807) is 27.4 Å². The van der Waals surface area contributed by atoms with Crippen molar-refractivity contribution >= 4 is 10.9 Å². The van der Waals surface area contributed by atoms with Gasteiger partial charge in [0, 0.05) is 36.7 Å². The minimum atomic E-state index is -0.0978. The SMILES string of the molecule is CC[C@H](c1nnnn1CCOC)N(Cc1cc2cc(OC)c(OC)cc2[nH]c1=O)C1CCCCC1. The van der Waals surface area contributed by atoms with Crippen LogP contribution >= 0.6 is 0 Å². The van der Waals surface area contributed by atoms with E-state index < -0.39 is 0 Å². The molecule has 35 heavy (non-hydrogen) atoms. The van der Waals surface area contributed by atoms with E-state index >= 15 is 0 Å². The second-order valence-corrected chi connectivity index (χ2v) is 9.06. The van der Waals surface area contributed by atoms with Crippen LogP contribution in [0.1, 0.15) is 62.9 Å². The molecular weight excluding hydrogens is 448 g/mol. The van der Waals surface area contributed by atoms with Gasteiger partial charge in [-0.1, -0.05) is 26.2 Å². The van der Waals surface area contributed by atoms with Crippen LogP contribution in [0.3, 0.4) is 0 Å². The smallest absolute Gasteiger partial charge is 0.252 e. The molecule has 1 aliphatic rings. The van der Waals surface area contributed by atoms with E-state index in [0.29, 0.717) is 42.8 Å². The van der Waals surface area contributed by atoms with Crippen LogP contribution in [-0.2, 0) is 17.8 Å². The summed E-state index contributed by atoms with van der Waals surface area (Å²) < 4.78 is 18.0. The molecule has 1 atom stereocenters. The standard InChI is InChI=1S/C25H36N6O4/c1-5-21(24-27-28-29-31(24)11-12-33-2)30(19-9-7-6-8-10-19)16-18-13-17-14-22(34-3)23(35-4)15-20(17)26-25(18)32/h13-15,19,21H,5-12,16H2,1-4H3,(H,26,32)/t21-/m1/s1. The summed E-state index contributed by atoms with van der Waals surface area (Å²) in [5.41, 5.74) is 1.33. The number of hydrogen-bond acceptors (Lipinski definition) is 8. The minimum Gasteiger partial charge on any atom is -0.493 e. The van der Waals surface area contributed by atoms with Crippen molar-refractivity contribution < 1.29 is 14.2 Å². The van der Waals surface area contributed by atoms with Crippen LogP contribution in [0.4, 0.5) is 0 Å². The van der Waals surface area contributed by atoms with Gasteiger partial charge in [0.25, 0.3) is 5.56 Å². The van der Waals surface area contributed by atoms with Crippen LogP contribution in [0.25, 0.3) is 10.9 Å². The van der Waals surface area contributed by atoms with Gasteiger partial charge in [-0.15, -0.1) is 5.10 Å². The van der Waals surface area contributed by atoms with Crippen molar-refractivity contribution in [3.8, 4) is 11.5 Å². The fraction of sp³-hybridized carbons (Fsp3) is 0.600. The van der Waals surface area contributed by atoms with Crippen molar-refractivity contribution in [1.29, 1.82) is 0 Å². The summed E-state index contributed by atoms with van der Waals surface area (Å²) in [5, 5.41) is 13.5. The van der Waals surface area contributed by atoms with Crippen molar-refractivity contribution in [2.75, 3.05) is 27.9 Å². The molecule has 1 fully saturated rings. The molecule has 0 bridgehead atoms. The van der Waals surface area contributed by atoms with Gasteiger partial charge in [0.15, 0.2) is 17.3 Å². The second kappa shape index (κ2) is 11.6. The van der Waals surface area contributed by atoms with Crippen molar-refractivity contribution in [2.24, 2.45) is 0 Å². The van der Waals surface area contributed by atoms with Gasteiger partial charge < -0.3 is 19.2 Å². The fourth-order valence-corrected chi connectivity index (χ4v) is 5.15. The first-order valence-electron chi connectivity index (χ1n) is 12.4. The van der Waals surface area contributed by atoms with Crippen LogP contribution in [0, 0.1) is 0 Å². The van der Waals surface area contributed by atoms with Crippen LogP contribution < -0.4 is 15.0 Å². The molecule has 10 heteroatoms. The topological polar surface area (TPSA) is 107 Å². The van der Waals surface area contributed by atoms with Gasteiger partial charge in [0.05, 0.1) is 38.9 Å². The van der Waals surface area contributed by atoms with Gasteiger partial charge >= 0.3 is 0 Å². The lowest BCUT2D eigenvalue weighted by atomic mass is 9.92. The number of hydrogen-bond donors (Lipinski definition) is 1. The Labute approximate surface area is 205 Å². The summed E-state index contributed by atoms with van der Waals surface area (Å²) in [6, 6.07) is 6.03. The molecule has 3 aromatic rings. The van der Waals surface area contributed by atoms with Crippen LogP contribution in [0.5, 0.6) is 11.5 Å². The molecule has 0 radical (unpaired) electrons. The molecule has 10 nitrogen and oxygen atoms in total. The van der Waals surface area contributed by atoms with Gasteiger partial charge in [0.1, 0.15) is 0 Å². The van der Waals surface area contributed by atoms with Crippen molar-refractivity contribution in [3.63, 3.8) is 0 Å². The molecule has 4 rings (SSSR count). The zero-order valence-electron chi connectivity index (χ0n) is 21.1. The highest BCUT2D eigenvalue weighted by Crippen LogP contribution is 2.34. The zero-order valence-corrected chi connectivity index (χ0v) is 21.1. The Morgan fingerprint density at radius 3 is 2.54 bits per heavy atom. The molecule has 0 spiro atoms. The van der Waals surface area contributed by atoms with E-state index in [1.165, 1.54) is 19.3 Å². The predicted octanol–water partition coefficient (Wildman–Crippen LogP) is 3.46. The van der Waals surface area contributed by atoms with Crippen LogP contribution in [-0.4, -0.2) is 64.1 Å². The number of fused-ring (bicyclic) bond motifs is 1. The van der Waals surface area contributed by atoms with Crippen molar-refractivity contribution in [1.82, 2.24) is 30.1 Å². The lowest BCUT2D eigenvalue weighted by Crippen LogP contribution is -2.41. The number of methoxy groups -OCH3 is 3. The highest BCUT2D eigenvalue weighted by molar-refractivity contribution is 5.83. The minimum absolute atomic E-state index is 0.00884. The van der Waals surface area contributed by atoms with E-state index in [1.807, 2.05) is 16.8 Å². The number of pyridine rings is 1. The molecular formula is C25H36N6O4. The molecule has 0 saturated heterocycles. The summed E-state index contributed by atoms with van der Waals surface area (Å²) in [5.74, 6) is 2.03. The molecule has 1 N–H and O–H groups in total. The van der Waals surface area contributed by atoms with Gasteiger partial charge in [-0.25, -0.2) is 4.68 Å². The summed E-state index contributed by atoms with van der Waals surface area (Å²) in [7, 11) is 4.87. The summed E-state index contributed by atoms with van der Waals surface area (Å²) >= 11 is 0. The molecule has 1 saturated carbocycles. The Balaban J connectivity index is 1.72. The molecule has 1 aliphatic carbocycles. The third kappa shape index (κ3) is 5.48. The molecule has 190 valence electrons. The molecule has 0 unspecified atom stereocenters. The van der Waals surface area contributed by atoms with Gasteiger partial charge in [0.2, 0.25) is 0 Å². The number of ether oxygens (including phenoxy) is 3. The fourth-order valence-electron chi connectivity index (χ4n) is 5.15. The Morgan fingerprint density at radius 1 is 1.11 bits per heavy atom. The monoisotopic (exact) mass is 484 g/mol. The van der Waals surface area contributed by atoms with E-state index in [-0.39, 0.29) is 11.6 Å². The summed E-state index contributed by atoms with van der Waals surface area (Å²) in [6.07, 6.45) is 6.68. The number of aromatic nitrogens is 5. The first-order valence-corrected chi connectivity index (χ1v) is 12.4. The maximum atomic E-state index is 13.2. The van der Waals surface area contributed by atoms with E-state index in [0.717, 1.165) is 36.0 Å². The lowest BCUT2D eigenvalue weighted by Gasteiger charge is -2.39. The molecule has 0 amide bonds. The normalized spacial score (nSPS) is 15.6. The Hall–Kier alpha value is -2.98. The van der Waals surface area contributed by atoms with Crippen LogP contribution in [0.2, 0.25) is 0 Å². The third-order valence-electron chi connectivity index (χ3n) is 6.97. The second-order valence-electron chi connectivity index (χ2n) is 9.06. The van der Waals surface area contributed by atoms with Crippen molar-refractivity contribution in [3.05, 3.63) is 39.9 Å². The number of aromatic amines is 1. The predicted molar refractivity (Wildman–Crippen MR) is 133 cm³/mol. The first kappa shape index (κ1) is 25.1. The maximum Gasteiger partial charge on any atom is 0.252 e. The average Bonchev–Trinajstić information content (AvgIpc) is 3.35. The van der Waals surface area contributed by atoms with Crippen LogP contribution in [0.15, 0.2) is 23.0 Å². The van der Waals surface area contributed by atoms with Gasteiger partial charge in [-0.3, -0.25) is 9.69 Å². The van der Waals surface area contributed by atoms with Gasteiger partial charge in [-0.05, 0) is 41.8 Å². The largest absolute Gasteiger partial charge is 0.493 e. The Kier molecular flexibility index (Phi) is 8.35. The average molecular weight is 485 g/mol. The van der Waals surface area contributed by atoms with E-state index in [9.17, 15) is 4.79 Å². The number of rotatable bonds is 11. The van der Waals surface area contributed by atoms with Crippen molar-refractivity contribution in [2.45, 2.75) is 70.6 Å². The first-order chi connectivity index (χ1) is 17.1. The number of H-pyrrole nitrogens is 1. The quantitative estimate of drug-likeness (QED) is 0.441. The summed E-state index contributed by atoms with van der Waals surface area (Å²) in [4.78, 5) is 18.7. The number of tetrazole rings is 1. The zero-order chi connectivity index (χ0) is 24.8. The number of nitrogens with zero attached hydrogens (tertiary/aromatic N) is 5. The third-order valence-corrected chi connectivity index (χ3v) is 6.97. The molecule has 1 aromatic carbocycles. The molecule has 2 aromatic heterocycles. The van der Waals surface area contributed by atoms with E-state index in [4.69, 9.17) is 14.2 Å². The lowest BCUT2D eigenvalue weighted by molar-refractivity contribution is 0.0826. The summed E-state index contributed by atoms with van der Waals surface area (Å²) in [6.45, 7) is 3.79. The maximum absolute atomic E-state index is 13.2. The highest BCUT2D eigenvalue weighted by Gasteiger charge is 2.32.